The molecule has 1 aliphatic carbocycles. The van der Waals surface area contributed by atoms with Crippen molar-refractivity contribution in [2.24, 2.45) is 11.8 Å². The third-order valence-corrected chi connectivity index (χ3v) is 4.75. The molecule has 0 unspecified atom stereocenters. The zero-order chi connectivity index (χ0) is 11.4. The summed E-state index contributed by atoms with van der Waals surface area (Å²) in [5.41, 5.74) is 0. The van der Waals surface area contributed by atoms with Crippen molar-refractivity contribution in [3.8, 4) is 0 Å². The van der Waals surface area contributed by atoms with Gasteiger partial charge in [0.15, 0.2) is 0 Å². The number of alkyl halides is 1. The van der Waals surface area contributed by atoms with Crippen LogP contribution in [0.15, 0.2) is 0 Å². The molecule has 0 amide bonds. The van der Waals surface area contributed by atoms with Crippen LogP contribution in [0.1, 0.15) is 46.0 Å². The smallest absolute Gasteiger partial charge is 0.0928 e. The lowest BCUT2D eigenvalue weighted by Gasteiger charge is -2.32. The fourth-order valence-corrected chi connectivity index (χ4v) is 3.16. The first-order valence-electron chi connectivity index (χ1n) is 6.04. The summed E-state index contributed by atoms with van der Waals surface area (Å²) >= 11 is 3.56. The fraction of sp³-hybridized carbons (Fsp3) is 1.00. The van der Waals surface area contributed by atoms with Crippen LogP contribution in [0.2, 0.25) is 0 Å². The topological polar surface area (TPSA) is 40.5 Å². The van der Waals surface area contributed by atoms with E-state index in [9.17, 15) is 10.2 Å². The van der Waals surface area contributed by atoms with Crippen molar-refractivity contribution >= 4 is 15.9 Å². The standard InChI is InChI=1S/C12H23BrO2/c1-8(2)11(14)12(15)10(13)9-6-4-3-5-7-9/h8-12,14-15H,3-7H2,1-2H3/t10-,11+,12-/m1/s1. The highest BCUT2D eigenvalue weighted by Gasteiger charge is 2.32. The lowest BCUT2D eigenvalue weighted by Crippen LogP contribution is -2.41. The first kappa shape index (κ1) is 13.5. The highest BCUT2D eigenvalue weighted by Crippen LogP contribution is 2.33. The molecule has 3 heteroatoms. The Morgan fingerprint density at radius 3 is 2.00 bits per heavy atom. The zero-order valence-corrected chi connectivity index (χ0v) is 11.3. The van der Waals surface area contributed by atoms with Crippen molar-refractivity contribution in [1.29, 1.82) is 0 Å². The van der Waals surface area contributed by atoms with Gasteiger partial charge in [-0.15, -0.1) is 0 Å². The minimum Gasteiger partial charge on any atom is -0.390 e. The van der Waals surface area contributed by atoms with Crippen LogP contribution < -0.4 is 0 Å². The molecule has 0 saturated heterocycles. The Hall–Kier alpha value is 0.400. The van der Waals surface area contributed by atoms with E-state index in [1.54, 1.807) is 0 Å². The molecule has 1 aliphatic rings. The summed E-state index contributed by atoms with van der Waals surface area (Å²) < 4.78 is 0. The van der Waals surface area contributed by atoms with Crippen molar-refractivity contribution in [1.82, 2.24) is 0 Å². The predicted octanol–water partition coefficient (Wildman–Crippen LogP) is 2.71. The van der Waals surface area contributed by atoms with Crippen LogP contribution in [0.3, 0.4) is 0 Å². The quantitative estimate of drug-likeness (QED) is 0.777. The Bertz CT molecular complexity index is 178. The molecule has 15 heavy (non-hydrogen) atoms. The van der Waals surface area contributed by atoms with Gasteiger partial charge < -0.3 is 10.2 Å². The monoisotopic (exact) mass is 278 g/mol. The van der Waals surface area contributed by atoms with Gasteiger partial charge in [-0.25, -0.2) is 0 Å². The molecule has 0 aromatic heterocycles. The van der Waals surface area contributed by atoms with Gasteiger partial charge in [-0.3, -0.25) is 0 Å². The van der Waals surface area contributed by atoms with E-state index >= 15 is 0 Å². The van der Waals surface area contributed by atoms with Gasteiger partial charge in [-0.2, -0.15) is 0 Å². The van der Waals surface area contributed by atoms with Gasteiger partial charge in [-0.1, -0.05) is 49.0 Å². The van der Waals surface area contributed by atoms with Crippen LogP contribution in [-0.2, 0) is 0 Å². The van der Waals surface area contributed by atoms with Gasteiger partial charge in [0.1, 0.15) is 0 Å². The van der Waals surface area contributed by atoms with Crippen LogP contribution in [0.4, 0.5) is 0 Å². The Labute approximate surface area is 101 Å². The molecule has 2 nitrogen and oxygen atoms in total. The maximum atomic E-state index is 10.0. The molecule has 0 aromatic rings. The van der Waals surface area contributed by atoms with E-state index in [0.717, 1.165) is 0 Å². The first-order chi connectivity index (χ1) is 7.04. The molecule has 90 valence electrons. The SMILES string of the molecule is CC(C)[C@H](O)[C@H](O)[C@H](Br)C1CCCCC1. The van der Waals surface area contributed by atoms with E-state index in [-0.39, 0.29) is 10.7 Å². The summed E-state index contributed by atoms with van der Waals surface area (Å²) in [7, 11) is 0. The molecular weight excluding hydrogens is 256 g/mol. The Morgan fingerprint density at radius 1 is 1.00 bits per heavy atom. The summed E-state index contributed by atoms with van der Waals surface area (Å²) in [5.74, 6) is 0.644. The van der Waals surface area contributed by atoms with E-state index in [1.807, 2.05) is 13.8 Å². The molecule has 1 fully saturated rings. The first-order valence-corrected chi connectivity index (χ1v) is 6.95. The Kier molecular flexibility index (Phi) is 5.58. The van der Waals surface area contributed by atoms with Crippen LogP contribution in [-0.4, -0.2) is 27.2 Å². The molecule has 0 bridgehead atoms. The molecule has 0 spiro atoms. The molecule has 1 rings (SSSR count). The fourth-order valence-electron chi connectivity index (χ4n) is 2.31. The van der Waals surface area contributed by atoms with Gasteiger partial charge in [0.25, 0.3) is 0 Å². The second-order valence-electron chi connectivity index (χ2n) is 5.07. The molecule has 0 radical (unpaired) electrons. The van der Waals surface area contributed by atoms with E-state index < -0.39 is 12.2 Å². The zero-order valence-electron chi connectivity index (χ0n) is 9.69. The molecule has 3 atom stereocenters. The maximum absolute atomic E-state index is 10.0. The number of aliphatic hydroxyl groups excluding tert-OH is 2. The summed E-state index contributed by atoms with van der Waals surface area (Å²) in [6.07, 6.45) is 4.95. The largest absolute Gasteiger partial charge is 0.390 e. The second kappa shape index (κ2) is 6.21. The van der Waals surface area contributed by atoms with Gasteiger partial charge in [-0.05, 0) is 24.7 Å². The number of hydrogen-bond acceptors (Lipinski definition) is 2. The van der Waals surface area contributed by atoms with Crippen LogP contribution in [0.5, 0.6) is 0 Å². The third-order valence-electron chi connectivity index (χ3n) is 3.46. The van der Waals surface area contributed by atoms with Gasteiger partial charge in [0.05, 0.1) is 12.2 Å². The highest BCUT2D eigenvalue weighted by molar-refractivity contribution is 9.09. The molecular formula is C12H23BrO2. The Balaban J connectivity index is 2.46. The summed E-state index contributed by atoms with van der Waals surface area (Å²) in [6.45, 7) is 3.88. The lowest BCUT2D eigenvalue weighted by molar-refractivity contribution is -0.0172. The summed E-state index contributed by atoms with van der Waals surface area (Å²) in [4.78, 5) is 0.0511. The van der Waals surface area contributed by atoms with E-state index in [1.165, 1.54) is 32.1 Å². The number of halogens is 1. The average molecular weight is 279 g/mol. The van der Waals surface area contributed by atoms with Crippen LogP contribution >= 0.6 is 15.9 Å². The summed E-state index contributed by atoms with van der Waals surface area (Å²) in [5, 5.41) is 19.8. The van der Waals surface area contributed by atoms with Gasteiger partial charge in [0.2, 0.25) is 0 Å². The molecule has 0 aliphatic heterocycles. The lowest BCUT2D eigenvalue weighted by atomic mass is 9.83. The van der Waals surface area contributed by atoms with Crippen molar-refractivity contribution < 1.29 is 10.2 Å². The number of aliphatic hydroxyl groups is 2. The van der Waals surface area contributed by atoms with E-state index in [4.69, 9.17) is 0 Å². The molecule has 1 saturated carbocycles. The average Bonchev–Trinajstić information content (AvgIpc) is 2.27. The van der Waals surface area contributed by atoms with Gasteiger partial charge >= 0.3 is 0 Å². The number of hydrogen-bond donors (Lipinski definition) is 2. The van der Waals surface area contributed by atoms with Crippen molar-refractivity contribution in [3.63, 3.8) is 0 Å². The van der Waals surface area contributed by atoms with Crippen molar-refractivity contribution in [2.75, 3.05) is 0 Å². The van der Waals surface area contributed by atoms with Crippen molar-refractivity contribution in [3.05, 3.63) is 0 Å². The van der Waals surface area contributed by atoms with Crippen LogP contribution in [0.25, 0.3) is 0 Å². The Morgan fingerprint density at radius 2 is 1.53 bits per heavy atom. The minimum absolute atomic E-state index is 0.0511. The molecule has 2 N–H and O–H groups in total. The number of rotatable bonds is 4. The predicted molar refractivity (Wildman–Crippen MR) is 66.1 cm³/mol. The minimum atomic E-state index is -0.631. The van der Waals surface area contributed by atoms with Gasteiger partial charge in [0, 0.05) is 4.83 Å². The second-order valence-corrected chi connectivity index (χ2v) is 6.13. The maximum Gasteiger partial charge on any atom is 0.0928 e. The molecule has 0 aromatic carbocycles. The summed E-state index contributed by atoms with van der Waals surface area (Å²) in [6, 6.07) is 0. The van der Waals surface area contributed by atoms with Crippen molar-refractivity contribution in [2.45, 2.75) is 63.0 Å². The normalized spacial score (nSPS) is 25.2. The van der Waals surface area contributed by atoms with E-state index in [2.05, 4.69) is 15.9 Å². The van der Waals surface area contributed by atoms with E-state index in [0.29, 0.717) is 5.92 Å². The third kappa shape index (κ3) is 3.72. The molecule has 0 heterocycles. The highest BCUT2D eigenvalue weighted by atomic mass is 79.9. The van der Waals surface area contributed by atoms with Crippen LogP contribution in [0, 0.1) is 11.8 Å².